The first-order valence-electron chi connectivity index (χ1n) is 8.40. The van der Waals surface area contributed by atoms with Crippen molar-refractivity contribution in [3.8, 4) is 0 Å². The quantitative estimate of drug-likeness (QED) is 0.619. The molecule has 0 atom stereocenters. The van der Waals surface area contributed by atoms with E-state index in [9.17, 15) is 18.0 Å². The minimum Gasteiger partial charge on any atom is -0.462 e. The number of anilines is 1. The molecule has 0 spiro atoms. The molecule has 0 fully saturated rings. The Labute approximate surface area is 162 Å². The first-order chi connectivity index (χ1) is 12.8. The minimum absolute atomic E-state index is 0.261. The summed E-state index contributed by atoms with van der Waals surface area (Å²) in [6.07, 6.45) is 2.38. The number of thiophene rings is 1. The van der Waals surface area contributed by atoms with Crippen molar-refractivity contribution in [1.82, 2.24) is 4.72 Å². The maximum Gasteiger partial charge on any atom is 0.338 e. The largest absolute Gasteiger partial charge is 0.462 e. The van der Waals surface area contributed by atoms with Crippen molar-refractivity contribution in [1.29, 1.82) is 0 Å². The van der Waals surface area contributed by atoms with E-state index in [1.165, 1.54) is 11.3 Å². The molecule has 0 bridgehead atoms. The van der Waals surface area contributed by atoms with Gasteiger partial charge < -0.3 is 10.1 Å². The standard InChI is InChI=1S/C18H22N2O5S2/c1-3-12-25-18(22)13-4-6-14(7-5-13)20-17(21)16-9-8-15(26-16)10-11-19-27(2,23)24/h4-9,19H,3,10-12H2,1-2H3,(H,20,21). The van der Waals surface area contributed by atoms with Gasteiger partial charge in [-0.15, -0.1) is 11.3 Å². The number of carbonyl (C=O) groups is 2. The molecule has 27 heavy (non-hydrogen) atoms. The van der Waals surface area contributed by atoms with E-state index in [4.69, 9.17) is 4.74 Å². The van der Waals surface area contributed by atoms with Crippen LogP contribution in [0.3, 0.4) is 0 Å². The van der Waals surface area contributed by atoms with Crippen LogP contribution in [0.25, 0.3) is 0 Å². The first kappa shape index (κ1) is 21.1. The minimum atomic E-state index is -3.22. The van der Waals surface area contributed by atoms with Gasteiger partial charge in [0.1, 0.15) is 0 Å². The molecule has 146 valence electrons. The Bertz CT molecular complexity index is 889. The van der Waals surface area contributed by atoms with Crippen LogP contribution in [0.1, 0.15) is 38.3 Å². The van der Waals surface area contributed by atoms with E-state index in [1.54, 1.807) is 36.4 Å². The van der Waals surface area contributed by atoms with Gasteiger partial charge in [-0.05, 0) is 49.2 Å². The normalized spacial score (nSPS) is 11.2. The molecule has 0 unspecified atom stereocenters. The van der Waals surface area contributed by atoms with Gasteiger partial charge in [-0.1, -0.05) is 6.92 Å². The van der Waals surface area contributed by atoms with Crippen molar-refractivity contribution in [2.45, 2.75) is 19.8 Å². The van der Waals surface area contributed by atoms with Crippen molar-refractivity contribution >= 4 is 38.9 Å². The van der Waals surface area contributed by atoms with Crippen molar-refractivity contribution in [3.63, 3.8) is 0 Å². The zero-order valence-corrected chi connectivity index (χ0v) is 16.8. The van der Waals surface area contributed by atoms with E-state index >= 15 is 0 Å². The van der Waals surface area contributed by atoms with Crippen LogP contribution in [-0.4, -0.2) is 39.7 Å². The molecule has 2 rings (SSSR count). The van der Waals surface area contributed by atoms with Crippen LogP contribution in [0.2, 0.25) is 0 Å². The second-order valence-electron chi connectivity index (χ2n) is 5.85. The number of nitrogens with one attached hydrogen (secondary N) is 2. The molecule has 0 radical (unpaired) electrons. The van der Waals surface area contributed by atoms with Gasteiger partial charge in [0.25, 0.3) is 5.91 Å². The summed E-state index contributed by atoms with van der Waals surface area (Å²) in [5.41, 5.74) is 0.999. The molecular formula is C18H22N2O5S2. The summed E-state index contributed by atoms with van der Waals surface area (Å²) in [4.78, 5) is 25.5. The number of amides is 1. The van der Waals surface area contributed by atoms with Crippen LogP contribution in [0.4, 0.5) is 5.69 Å². The zero-order valence-electron chi connectivity index (χ0n) is 15.2. The molecule has 2 aromatic rings. The maximum absolute atomic E-state index is 12.3. The summed E-state index contributed by atoms with van der Waals surface area (Å²) >= 11 is 1.31. The van der Waals surface area contributed by atoms with Gasteiger partial charge in [0.15, 0.2) is 0 Å². The first-order valence-corrected chi connectivity index (χ1v) is 11.1. The van der Waals surface area contributed by atoms with E-state index in [-0.39, 0.29) is 18.4 Å². The van der Waals surface area contributed by atoms with Gasteiger partial charge in [0, 0.05) is 17.1 Å². The van der Waals surface area contributed by atoms with Crippen molar-refractivity contribution < 1.29 is 22.7 Å². The number of hydrogen-bond donors (Lipinski definition) is 2. The van der Waals surface area contributed by atoms with Crippen LogP contribution >= 0.6 is 11.3 Å². The molecule has 9 heteroatoms. The fraction of sp³-hybridized carbons (Fsp3) is 0.333. The Hall–Kier alpha value is -2.23. The molecule has 2 N–H and O–H groups in total. The molecule has 0 aliphatic carbocycles. The van der Waals surface area contributed by atoms with Crippen molar-refractivity contribution in [3.05, 3.63) is 51.7 Å². The average Bonchev–Trinajstić information content (AvgIpc) is 3.08. The van der Waals surface area contributed by atoms with Gasteiger partial charge in [0.05, 0.1) is 23.3 Å². The summed E-state index contributed by atoms with van der Waals surface area (Å²) in [7, 11) is -3.22. The second-order valence-corrected chi connectivity index (χ2v) is 8.85. The molecular weight excluding hydrogens is 388 g/mol. The highest BCUT2D eigenvalue weighted by Crippen LogP contribution is 2.19. The van der Waals surface area contributed by atoms with Gasteiger partial charge in [0.2, 0.25) is 10.0 Å². The summed E-state index contributed by atoms with van der Waals surface area (Å²) in [5, 5.41) is 2.77. The summed E-state index contributed by atoms with van der Waals surface area (Å²) < 4.78 is 29.6. The molecule has 0 saturated heterocycles. The summed E-state index contributed by atoms with van der Waals surface area (Å²) in [6, 6.07) is 9.99. The Kier molecular flexibility index (Phi) is 7.52. The third-order valence-corrected chi connectivity index (χ3v) is 5.31. The van der Waals surface area contributed by atoms with E-state index in [2.05, 4.69) is 10.0 Å². The highest BCUT2D eigenvalue weighted by Gasteiger charge is 2.11. The molecule has 1 aromatic heterocycles. The fourth-order valence-electron chi connectivity index (χ4n) is 2.15. The van der Waals surface area contributed by atoms with E-state index in [0.717, 1.165) is 17.6 Å². The lowest BCUT2D eigenvalue weighted by Gasteiger charge is -2.06. The fourth-order valence-corrected chi connectivity index (χ4v) is 3.53. The highest BCUT2D eigenvalue weighted by atomic mass is 32.2. The number of benzene rings is 1. The lowest BCUT2D eigenvalue weighted by molar-refractivity contribution is 0.0505. The SMILES string of the molecule is CCCOC(=O)c1ccc(NC(=O)c2ccc(CCNS(C)(=O)=O)s2)cc1. The van der Waals surface area contributed by atoms with E-state index < -0.39 is 10.0 Å². The monoisotopic (exact) mass is 410 g/mol. The van der Waals surface area contributed by atoms with Gasteiger partial charge in [-0.3, -0.25) is 4.79 Å². The molecule has 1 heterocycles. The summed E-state index contributed by atoms with van der Waals surface area (Å²) in [5.74, 6) is -0.649. The second kappa shape index (κ2) is 9.63. The number of esters is 1. The third-order valence-electron chi connectivity index (χ3n) is 3.44. The maximum atomic E-state index is 12.3. The lowest BCUT2D eigenvalue weighted by atomic mass is 10.2. The van der Waals surface area contributed by atoms with Crippen LogP contribution < -0.4 is 10.0 Å². The van der Waals surface area contributed by atoms with Crippen LogP contribution in [0.5, 0.6) is 0 Å². The zero-order chi connectivity index (χ0) is 19.9. The number of sulfonamides is 1. The molecule has 0 aliphatic rings. The molecule has 7 nitrogen and oxygen atoms in total. The Morgan fingerprint density at radius 1 is 1.11 bits per heavy atom. The molecule has 1 aromatic carbocycles. The molecule has 0 saturated carbocycles. The molecule has 0 aliphatic heterocycles. The van der Waals surface area contributed by atoms with Crippen molar-refractivity contribution in [2.24, 2.45) is 0 Å². The van der Waals surface area contributed by atoms with Crippen LogP contribution in [-0.2, 0) is 21.2 Å². The topological polar surface area (TPSA) is 102 Å². The smallest absolute Gasteiger partial charge is 0.338 e. The number of hydrogen-bond acceptors (Lipinski definition) is 6. The third kappa shape index (κ3) is 7.12. The summed E-state index contributed by atoms with van der Waals surface area (Å²) in [6.45, 7) is 2.58. The van der Waals surface area contributed by atoms with Crippen molar-refractivity contribution in [2.75, 3.05) is 24.7 Å². The molecule has 1 amide bonds. The van der Waals surface area contributed by atoms with Gasteiger partial charge in [-0.25, -0.2) is 17.9 Å². The predicted octanol–water partition coefficient (Wildman–Crippen LogP) is 2.66. The van der Waals surface area contributed by atoms with Gasteiger partial charge in [-0.2, -0.15) is 0 Å². The number of rotatable bonds is 9. The highest BCUT2D eigenvalue weighted by molar-refractivity contribution is 7.88. The Morgan fingerprint density at radius 2 is 1.81 bits per heavy atom. The van der Waals surface area contributed by atoms with E-state index in [1.807, 2.05) is 6.92 Å². The average molecular weight is 411 g/mol. The Morgan fingerprint density at radius 3 is 2.44 bits per heavy atom. The van der Waals surface area contributed by atoms with Gasteiger partial charge >= 0.3 is 5.97 Å². The number of ether oxygens (including phenoxy) is 1. The van der Waals surface area contributed by atoms with Crippen LogP contribution in [0, 0.1) is 0 Å². The number of carbonyl (C=O) groups excluding carboxylic acids is 2. The van der Waals surface area contributed by atoms with E-state index in [0.29, 0.717) is 29.2 Å². The predicted molar refractivity (Wildman–Crippen MR) is 106 cm³/mol. The lowest BCUT2D eigenvalue weighted by Crippen LogP contribution is -2.24. The van der Waals surface area contributed by atoms with Crippen LogP contribution in [0.15, 0.2) is 36.4 Å². The Balaban J connectivity index is 1.90.